The molecule has 45 valence electrons. The van der Waals surface area contributed by atoms with Crippen molar-refractivity contribution in [2.45, 2.75) is 20.3 Å². The Hall–Kier alpha value is 0.583. The zero-order valence-electron chi connectivity index (χ0n) is 5.28. The van der Waals surface area contributed by atoms with Gasteiger partial charge in [0.2, 0.25) is 6.29 Å². The van der Waals surface area contributed by atoms with Crippen LogP contribution in [0.5, 0.6) is 0 Å². The van der Waals surface area contributed by atoms with Gasteiger partial charge >= 0.3 is 0 Å². The molecule has 0 aromatic carbocycles. The Bertz CT molecular complexity index is 49.7. The van der Waals surface area contributed by atoms with Crippen molar-refractivity contribution < 1.29 is 36.7 Å². The molecule has 1 nitrogen and oxygen atoms in total. The van der Waals surface area contributed by atoms with Crippen LogP contribution in [0, 0.1) is 5.92 Å². The van der Waals surface area contributed by atoms with Gasteiger partial charge in [-0.1, -0.05) is 13.8 Å². The Balaban J connectivity index is -0.000000125. The molecule has 8 heavy (non-hydrogen) atoms. The minimum absolute atomic E-state index is 0. The van der Waals surface area contributed by atoms with Crippen LogP contribution in [-0.2, 0) is 24.3 Å². The maximum absolute atomic E-state index is 9.61. The second-order valence-electron chi connectivity index (χ2n) is 1.43. The second kappa shape index (κ2) is 10.5. The van der Waals surface area contributed by atoms with Crippen molar-refractivity contribution in [3.05, 3.63) is 0 Å². The molecule has 0 spiro atoms. The number of hydrogen-bond acceptors (Lipinski definition) is 1. The van der Waals surface area contributed by atoms with Crippen molar-refractivity contribution >= 4 is 6.29 Å². The SMILES string of the molecule is CCC(C)[C]=O.[Cl-].[Zn]. The summed E-state index contributed by atoms with van der Waals surface area (Å²) in [5.74, 6) is 0.130. The van der Waals surface area contributed by atoms with Crippen LogP contribution >= 0.6 is 0 Å². The third-order valence-electron chi connectivity index (χ3n) is 0.814. The first-order chi connectivity index (χ1) is 2.81. The van der Waals surface area contributed by atoms with Crippen LogP contribution in [0.3, 0.4) is 0 Å². The molecule has 0 aliphatic rings. The molecule has 0 rings (SSSR count). The van der Waals surface area contributed by atoms with E-state index >= 15 is 0 Å². The average Bonchev–Trinajstić information content (AvgIpc) is 1.65. The van der Waals surface area contributed by atoms with Gasteiger partial charge in [-0.15, -0.1) is 0 Å². The van der Waals surface area contributed by atoms with E-state index in [1.165, 1.54) is 0 Å². The van der Waals surface area contributed by atoms with E-state index in [9.17, 15) is 4.79 Å². The van der Waals surface area contributed by atoms with Crippen molar-refractivity contribution in [3.63, 3.8) is 0 Å². The van der Waals surface area contributed by atoms with Crippen LogP contribution in [0.4, 0.5) is 0 Å². The topological polar surface area (TPSA) is 17.1 Å². The summed E-state index contributed by atoms with van der Waals surface area (Å²) in [6, 6.07) is 0. The maximum Gasteiger partial charge on any atom is 0.201 e. The first kappa shape index (κ1) is 15.8. The summed E-state index contributed by atoms with van der Waals surface area (Å²) < 4.78 is 0. The molecule has 0 fully saturated rings. The predicted octanol–water partition coefficient (Wildman–Crippen LogP) is -1.86. The van der Waals surface area contributed by atoms with E-state index in [4.69, 9.17) is 0 Å². The molecule has 0 amide bonds. The minimum Gasteiger partial charge on any atom is -1.00 e. The van der Waals surface area contributed by atoms with Crippen molar-refractivity contribution in [2.75, 3.05) is 0 Å². The van der Waals surface area contributed by atoms with Gasteiger partial charge in [0.15, 0.2) is 0 Å². The fraction of sp³-hybridized carbons (Fsp3) is 0.800. The largest absolute Gasteiger partial charge is 1.00 e. The molecule has 0 aromatic heterocycles. The molecule has 0 saturated heterocycles. The minimum atomic E-state index is 0. The van der Waals surface area contributed by atoms with E-state index in [1.807, 2.05) is 20.1 Å². The fourth-order valence-electron chi connectivity index (χ4n) is 0.0833. The molecule has 0 saturated carbocycles. The Morgan fingerprint density at radius 3 is 2.00 bits per heavy atom. The van der Waals surface area contributed by atoms with Gasteiger partial charge in [-0.3, -0.25) is 4.79 Å². The van der Waals surface area contributed by atoms with Gasteiger partial charge in [0, 0.05) is 25.4 Å². The Kier molecular flexibility index (Phi) is 20.9. The zero-order chi connectivity index (χ0) is 4.99. The van der Waals surface area contributed by atoms with Crippen molar-refractivity contribution in [1.82, 2.24) is 0 Å². The molecule has 0 heterocycles. The number of hydrogen-bond donors (Lipinski definition) is 0. The molecule has 3 heteroatoms. The van der Waals surface area contributed by atoms with Crippen LogP contribution < -0.4 is 12.4 Å². The summed E-state index contributed by atoms with van der Waals surface area (Å²) in [5, 5.41) is 0. The summed E-state index contributed by atoms with van der Waals surface area (Å²) >= 11 is 0. The first-order valence-corrected chi connectivity index (χ1v) is 2.19. The Morgan fingerprint density at radius 2 is 2.00 bits per heavy atom. The van der Waals surface area contributed by atoms with Crippen molar-refractivity contribution in [3.8, 4) is 0 Å². The zero-order valence-corrected chi connectivity index (χ0v) is 9.00. The summed E-state index contributed by atoms with van der Waals surface area (Å²) in [4.78, 5) is 9.61. The van der Waals surface area contributed by atoms with Gasteiger partial charge in [-0.05, 0) is 6.42 Å². The molecule has 1 radical (unpaired) electrons. The van der Waals surface area contributed by atoms with Crippen molar-refractivity contribution in [2.24, 2.45) is 5.92 Å². The summed E-state index contributed by atoms with van der Waals surface area (Å²) in [6.45, 7) is 3.82. The van der Waals surface area contributed by atoms with Crippen LogP contribution in [0.2, 0.25) is 0 Å². The van der Waals surface area contributed by atoms with Gasteiger partial charge in [-0.2, -0.15) is 0 Å². The van der Waals surface area contributed by atoms with Gasteiger partial charge in [0.05, 0.1) is 0 Å². The summed E-state index contributed by atoms with van der Waals surface area (Å²) in [7, 11) is 0. The van der Waals surface area contributed by atoms with E-state index in [1.54, 1.807) is 0 Å². The summed E-state index contributed by atoms with van der Waals surface area (Å²) in [5.41, 5.74) is 0. The van der Waals surface area contributed by atoms with E-state index in [0.29, 0.717) is 0 Å². The normalized spacial score (nSPS) is 10.2. The van der Waals surface area contributed by atoms with Crippen LogP contribution in [0.15, 0.2) is 0 Å². The molecule has 0 aromatic rings. The maximum atomic E-state index is 9.61. The van der Waals surface area contributed by atoms with Crippen LogP contribution in [-0.4, -0.2) is 6.29 Å². The molecule has 0 bridgehead atoms. The van der Waals surface area contributed by atoms with E-state index in [-0.39, 0.29) is 37.8 Å². The van der Waals surface area contributed by atoms with Gasteiger partial charge in [0.25, 0.3) is 0 Å². The van der Waals surface area contributed by atoms with Crippen LogP contribution in [0.1, 0.15) is 20.3 Å². The second-order valence-corrected chi connectivity index (χ2v) is 1.43. The van der Waals surface area contributed by atoms with E-state index in [2.05, 4.69) is 0 Å². The summed E-state index contributed by atoms with van der Waals surface area (Å²) in [6.07, 6.45) is 2.77. The molecule has 1 unspecified atom stereocenters. The van der Waals surface area contributed by atoms with Gasteiger partial charge in [-0.25, -0.2) is 0 Å². The van der Waals surface area contributed by atoms with E-state index in [0.717, 1.165) is 6.42 Å². The van der Waals surface area contributed by atoms with Gasteiger partial charge in [0.1, 0.15) is 0 Å². The third kappa shape index (κ3) is 9.77. The quantitative estimate of drug-likeness (QED) is 0.462. The van der Waals surface area contributed by atoms with E-state index < -0.39 is 0 Å². The number of halogens is 1. The molecule has 1 atom stereocenters. The van der Waals surface area contributed by atoms with Gasteiger partial charge < -0.3 is 12.4 Å². The standard InChI is InChI=1S/C5H9O.ClH.Zn/c1-3-5(2)4-6;;/h5H,3H2,1-2H3;1H;/p-1. The smallest absolute Gasteiger partial charge is 0.201 e. The fourth-order valence-corrected chi connectivity index (χ4v) is 0.0833. The molecule has 0 N–H and O–H groups in total. The first-order valence-electron chi connectivity index (χ1n) is 2.19. The Morgan fingerprint density at radius 1 is 1.62 bits per heavy atom. The average molecular weight is 186 g/mol. The molecule has 0 aliphatic heterocycles. The van der Waals surface area contributed by atoms with Crippen molar-refractivity contribution in [1.29, 1.82) is 0 Å². The predicted molar refractivity (Wildman–Crippen MR) is 25.1 cm³/mol. The number of rotatable bonds is 2. The molecular formula is C5H9ClOZn-. The van der Waals surface area contributed by atoms with Crippen LogP contribution in [0.25, 0.3) is 0 Å². The number of carbonyl (C=O) groups excluding carboxylic acids is 1. The monoisotopic (exact) mass is 184 g/mol. The molecule has 0 aliphatic carbocycles. The molecular weight excluding hydrogens is 177 g/mol. The Labute approximate surface area is 69.4 Å². The third-order valence-corrected chi connectivity index (χ3v) is 0.814.